The molecule has 18 heavy (non-hydrogen) atoms. The highest BCUT2D eigenvalue weighted by molar-refractivity contribution is 7.89. The van der Waals surface area contributed by atoms with Crippen molar-refractivity contribution in [3.8, 4) is 0 Å². The number of sulfonamides is 1. The second-order valence-corrected chi connectivity index (χ2v) is 6.36. The van der Waals surface area contributed by atoms with Crippen LogP contribution in [0.4, 0.5) is 8.78 Å². The Morgan fingerprint density at radius 3 is 2.44 bits per heavy atom. The highest BCUT2D eigenvalue weighted by Gasteiger charge is 2.46. The van der Waals surface area contributed by atoms with Crippen molar-refractivity contribution >= 4 is 10.0 Å². The van der Waals surface area contributed by atoms with E-state index in [2.05, 4.69) is 0 Å². The van der Waals surface area contributed by atoms with Crippen LogP contribution in [0.25, 0.3) is 0 Å². The minimum absolute atomic E-state index is 0.0230. The molecule has 1 aliphatic rings. The van der Waals surface area contributed by atoms with Gasteiger partial charge in [0.2, 0.25) is 10.0 Å². The number of halogens is 2. The average Bonchev–Trinajstić information content (AvgIpc) is 2.28. The van der Waals surface area contributed by atoms with Gasteiger partial charge in [0.1, 0.15) is 0 Å². The summed E-state index contributed by atoms with van der Waals surface area (Å²) in [5.74, 6) is -2.30. The molecular weight excluding hydrogens is 264 g/mol. The summed E-state index contributed by atoms with van der Waals surface area (Å²) in [4.78, 5) is -0.306. The molecular formula is C11H13F2NO3S. The van der Waals surface area contributed by atoms with Gasteiger partial charge in [0, 0.05) is 13.1 Å². The first-order chi connectivity index (χ1) is 8.28. The first-order valence-corrected chi connectivity index (χ1v) is 6.90. The van der Waals surface area contributed by atoms with Gasteiger partial charge in [-0.1, -0.05) is 6.92 Å². The van der Waals surface area contributed by atoms with Crippen molar-refractivity contribution in [1.29, 1.82) is 0 Å². The minimum Gasteiger partial charge on any atom is -0.387 e. The number of nitrogens with zero attached hydrogens (tertiary/aromatic N) is 1. The third kappa shape index (κ3) is 2.13. The van der Waals surface area contributed by atoms with Gasteiger partial charge in [-0.2, -0.15) is 4.31 Å². The van der Waals surface area contributed by atoms with Crippen LogP contribution in [0.1, 0.15) is 13.3 Å². The van der Waals surface area contributed by atoms with Crippen molar-refractivity contribution in [2.24, 2.45) is 0 Å². The molecule has 7 heteroatoms. The summed E-state index contributed by atoms with van der Waals surface area (Å²) in [6.07, 6.45) is 0.441. The van der Waals surface area contributed by atoms with Crippen molar-refractivity contribution in [3.05, 3.63) is 29.8 Å². The van der Waals surface area contributed by atoms with Gasteiger partial charge in [-0.05, 0) is 24.6 Å². The van der Waals surface area contributed by atoms with E-state index in [0.717, 1.165) is 16.4 Å². The SMILES string of the molecule is CCC1(O)CN(S(=O)(=O)c2ccc(F)c(F)c2)C1. The summed E-state index contributed by atoms with van der Waals surface area (Å²) >= 11 is 0. The van der Waals surface area contributed by atoms with E-state index in [1.54, 1.807) is 6.92 Å². The summed E-state index contributed by atoms with van der Waals surface area (Å²) in [7, 11) is -3.86. The Hall–Kier alpha value is -1.05. The molecule has 1 N–H and O–H groups in total. The molecule has 1 heterocycles. The summed E-state index contributed by atoms with van der Waals surface area (Å²) in [6, 6.07) is 2.43. The summed E-state index contributed by atoms with van der Waals surface area (Å²) < 4.78 is 50.8. The van der Waals surface area contributed by atoms with Gasteiger partial charge < -0.3 is 5.11 Å². The van der Waals surface area contributed by atoms with E-state index in [9.17, 15) is 22.3 Å². The number of β-amino-alcohol motifs (C(OH)–C–C–N with tert-alkyl or cyclic N) is 1. The number of rotatable bonds is 3. The molecule has 0 atom stereocenters. The minimum atomic E-state index is -3.86. The van der Waals surface area contributed by atoms with Gasteiger partial charge in [-0.25, -0.2) is 17.2 Å². The third-order valence-corrected chi connectivity index (χ3v) is 4.92. The van der Waals surface area contributed by atoms with Crippen LogP contribution in [0, 0.1) is 11.6 Å². The second kappa shape index (κ2) is 4.25. The predicted octanol–water partition coefficient (Wildman–Crippen LogP) is 1.11. The lowest BCUT2D eigenvalue weighted by molar-refractivity contribution is -0.0613. The maximum Gasteiger partial charge on any atom is 0.243 e. The predicted molar refractivity (Wildman–Crippen MR) is 60.4 cm³/mol. The molecule has 0 aliphatic carbocycles. The molecule has 1 aliphatic heterocycles. The Labute approximate surface area is 104 Å². The first-order valence-electron chi connectivity index (χ1n) is 5.46. The number of aliphatic hydroxyl groups is 1. The lowest BCUT2D eigenvalue weighted by atomic mass is 9.94. The molecule has 4 nitrogen and oxygen atoms in total. The molecule has 1 fully saturated rings. The van der Waals surface area contributed by atoms with Crippen LogP contribution in [0.5, 0.6) is 0 Å². The molecule has 0 bridgehead atoms. The first kappa shape index (κ1) is 13.4. The van der Waals surface area contributed by atoms with Crippen LogP contribution < -0.4 is 0 Å². The van der Waals surface area contributed by atoms with E-state index >= 15 is 0 Å². The van der Waals surface area contributed by atoms with Gasteiger partial charge in [0.15, 0.2) is 11.6 Å². The van der Waals surface area contributed by atoms with Crippen LogP contribution in [-0.2, 0) is 10.0 Å². The normalized spacial score (nSPS) is 19.6. The zero-order chi connectivity index (χ0) is 13.6. The number of benzene rings is 1. The summed E-state index contributed by atoms with van der Waals surface area (Å²) in [5, 5.41) is 9.76. The van der Waals surface area contributed by atoms with Crippen LogP contribution in [0.3, 0.4) is 0 Å². The van der Waals surface area contributed by atoms with Crippen LogP contribution in [-0.4, -0.2) is 36.5 Å². The monoisotopic (exact) mass is 277 g/mol. The molecule has 1 aromatic carbocycles. The molecule has 0 unspecified atom stereocenters. The van der Waals surface area contributed by atoms with E-state index in [4.69, 9.17) is 0 Å². The van der Waals surface area contributed by atoms with Crippen molar-refractivity contribution in [2.45, 2.75) is 23.8 Å². The van der Waals surface area contributed by atoms with E-state index in [1.165, 1.54) is 0 Å². The molecule has 0 aromatic heterocycles. The third-order valence-electron chi connectivity index (χ3n) is 3.13. The Balaban J connectivity index is 2.25. The van der Waals surface area contributed by atoms with Crippen LogP contribution >= 0.6 is 0 Å². The molecule has 0 radical (unpaired) electrons. The lowest BCUT2D eigenvalue weighted by Crippen LogP contribution is -2.62. The largest absolute Gasteiger partial charge is 0.387 e. The van der Waals surface area contributed by atoms with E-state index in [-0.39, 0.29) is 18.0 Å². The zero-order valence-corrected chi connectivity index (χ0v) is 10.5. The van der Waals surface area contributed by atoms with E-state index in [1.807, 2.05) is 0 Å². The van der Waals surface area contributed by atoms with Crippen molar-refractivity contribution < 1.29 is 22.3 Å². The highest BCUT2D eigenvalue weighted by atomic mass is 32.2. The second-order valence-electron chi connectivity index (χ2n) is 4.43. The van der Waals surface area contributed by atoms with Crippen molar-refractivity contribution in [1.82, 2.24) is 4.31 Å². The fourth-order valence-corrected chi connectivity index (χ4v) is 3.40. The smallest absolute Gasteiger partial charge is 0.243 e. The maximum absolute atomic E-state index is 13.0. The van der Waals surface area contributed by atoms with Gasteiger partial charge in [-0.3, -0.25) is 0 Å². The molecule has 0 amide bonds. The van der Waals surface area contributed by atoms with Gasteiger partial charge >= 0.3 is 0 Å². The van der Waals surface area contributed by atoms with E-state index in [0.29, 0.717) is 12.5 Å². The van der Waals surface area contributed by atoms with Gasteiger partial charge in [-0.15, -0.1) is 0 Å². The van der Waals surface area contributed by atoms with Gasteiger partial charge in [0.25, 0.3) is 0 Å². The Bertz CT molecular complexity index is 568. The molecule has 1 saturated heterocycles. The fraction of sp³-hybridized carbons (Fsp3) is 0.455. The number of hydrogen-bond acceptors (Lipinski definition) is 3. The quantitative estimate of drug-likeness (QED) is 0.900. The average molecular weight is 277 g/mol. The zero-order valence-electron chi connectivity index (χ0n) is 9.73. The molecule has 0 saturated carbocycles. The van der Waals surface area contributed by atoms with Gasteiger partial charge in [0.05, 0.1) is 10.5 Å². The summed E-state index contributed by atoms with van der Waals surface area (Å²) in [5.41, 5.74) is -1.01. The molecule has 0 spiro atoms. The van der Waals surface area contributed by atoms with E-state index < -0.39 is 27.3 Å². The fourth-order valence-electron chi connectivity index (χ4n) is 1.79. The highest BCUT2D eigenvalue weighted by Crippen LogP contribution is 2.30. The summed E-state index contributed by atoms with van der Waals surface area (Å²) in [6.45, 7) is 1.71. The Morgan fingerprint density at radius 2 is 1.94 bits per heavy atom. The lowest BCUT2D eigenvalue weighted by Gasteiger charge is -2.44. The standard InChI is InChI=1S/C11H13F2NO3S/c1-2-11(15)6-14(7-11)18(16,17)8-3-4-9(12)10(13)5-8/h3-5,15H,2,6-7H2,1H3. The van der Waals surface area contributed by atoms with Crippen LogP contribution in [0.15, 0.2) is 23.1 Å². The Morgan fingerprint density at radius 1 is 1.33 bits per heavy atom. The Kier molecular flexibility index (Phi) is 3.16. The van der Waals surface area contributed by atoms with Crippen LogP contribution in [0.2, 0.25) is 0 Å². The molecule has 100 valence electrons. The van der Waals surface area contributed by atoms with Crippen molar-refractivity contribution in [2.75, 3.05) is 13.1 Å². The molecule has 1 aromatic rings. The van der Waals surface area contributed by atoms with Crippen molar-refractivity contribution in [3.63, 3.8) is 0 Å². The maximum atomic E-state index is 13.0. The topological polar surface area (TPSA) is 57.6 Å². The number of hydrogen-bond donors (Lipinski definition) is 1. The molecule has 2 rings (SSSR count).